The third-order valence-corrected chi connectivity index (χ3v) is 12.5. The maximum atomic E-state index is 15.6. The molecule has 2 aliphatic heterocycles. The van der Waals surface area contributed by atoms with Crippen LogP contribution in [0, 0.1) is 11.6 Å². The molecule has 4 heterocycles. The van der Waals surface area contributed by atoms with E-state index in [4.69, 9.17) is 16.6 Å². The Morgan fingerprint density at radius 1 is 1.00 bits per heavy atom. The summed E-state index contributed by atoms with van der Waals surface area (Å²) in [5, 5.41) is 4.33. The fourth-order valence-corrected chi connectivity index (χ4v) is 8.86. The fraction of sp³-hybridized carbons (Fsp3) is 0.500. The second-order valence-electron chi connectivity index (χ2n) is 16.6. The van der Waals surface area contributed by atoms with Crippen LogP contribution in [0.4, 0.5) is 34.8 Å². The zero-order valence-electron chi connectivity index (χ0n) is 31.0. The predicted octanol–water partition coefficient (Wildman–Crippen LogP) is 8.91. The highest BCUT2D eigenvalue weighted by Gasteiger charge is 2.54. The highest BCUT2D eigenvalue weighted by atomic mass is 35.5. The maximum absolute atomic E-state index is 15.6. The number of rotatable bonds is 9. The number of nitrogens with zero attached hydrogens (tertiary/aromatic N) is 5. The van der Waals surface area contributed by atoms with Gasteiger partial charge in [0.25, 0.3) is 12.3 Å². The van der Waals surface area contributed by atoms with Crippen LogP contribution in [0.3, 0.4) is 0 Å². The van der Waals surface area contributed by atoms with Crippen LogP contribution in [0.25, 0.3) is 22.3 Å². The Hall–Kier alpha value is -4.23. The summed E-state index contributed by atoms with van der Waals surface area (Å²) < 4.78 is 60.0. The summed E-state index contributed by atoms with van der Waals surface area (Å²) in [6.07, 6.45) is 4.34. The number of carbonyl (C=O) groups is 2. The lowest BCUT2D eigenvalue weighted by Gasteiger charge is -2.55. The molecule has 2 amide bonds. The van der Waals surface area contributed by atoms with Crippen molar-refractivity contribution in [1.82, 2.24) is 24.8 Å². The molecule has 3 fully saturated rings. The summed E-state index contributed by atoms with van der Waals surface area (Å²) in [6.45, 7) is 12.2. The van der Waals surface area contributed by atoms with Crippen molar-refractivity contribution >= 4 is 51.6 Å². The minimum absolute atomic E-state index is 0.0530. The molecule has 2 aromatic heterocycles. The largest absolute Gasteiger partial charge is 0.341 e. The van der Waals surface area contributed by atoms with Crippen LogP contribution in [-0.2, 0) is 10.2 Å². The Morgan fingerprint density at radius 3 is 2.35 bits per heavy atom. The third kappa shape index (κ3) is 5.84. The number of benzene rings is 2. The Kier molecular flexibility index (Phi) is 8.80. The van der Waals surface area contributed by atoms with Gasteiger partial charge in [0.2, 0.25) is 5.91 Å². The van der Waals surface area contributed by atoms with Crippen LogP contribution in [0.15, 0.2) is 36.7 Å². The quantitative estimate of drug-likeness (QED) is 0.131. The number of pyridine rings is 1. The van der Waals surface area contributed by atoms with Gasteiger partial charge in [-0.1, -0.05) is 30.2 Å². The van der Waals surface area contributed by atoms with E-state index in [-0.39, 0.29) is 42.2 Å². The topological polar surface area (TPSA) is 95.4 Å². The zero-order chi connectivity index (χ0) is 38.5. The van der Waals surface area contributed by atoms with Gasteiger partial charge in [-0.3, -0.25) is 14.5 Å². The first kappa shape index (κ1) is 36.7. The van der Waals surface area contributed by atoms with E-state index in [0.717, 1.165) is 43.2 Å². The second kappa shape index (κ2) is 12.9. The average Bonchev–Trinajstić information content (AvgIpc) is 3.73. The first-order chi connectivity index (χ1) is 25.5. The normalized spacial score (nSPS) is 23.2. The number of hydrogen-bond acceptors (Lipinski definition) is 6. The SMILES string of the molecule is CC(C)n1cnc2cc(-c3ccc4c(c3)N([C@H]3C[C@@](C)(N5CCCCC5)C3)C(=O)C4(C)C)nc(Nc3cc(C(=O)NC4(C(F)F)CC4)c(Cl)c(F)c3F)c21. The molecule has 1 saturated heterocycles. The molecule has 286 valence electrons. The molecule has 0 unspecified atom stereocenters. The van der Waals surface area contributed by atoms with E-state index in [1.54, 1.807) is 12.4 Å². The van der Waals surface area contributed by atoms with Crippen LogP contribution in [0.5, 0.6) is 0 Å². The minimum Gasteiger partial charge on any atom is -0.341 e. The molecule has 54 heavy (non-hydrogen) atoms. The molecule has 4 aromatic rings. The summed E-state index contributed by atoms with van der Waals surface area (Å²) >= 11 is 6.08. The molecule has 0 spiro atoms. The van der Waals surface area contributed by atoms with Gasteiger partial charge in [-0.25, -0.2) is 27.5 Å². The number of alkyl halides is 2. The number of hydrogen-bond donors (Lipinski definition) is 2. The molecule has 2 aliphatic carbocycles. The van der Waals surface area contributed by atoms with Crippen molar-refractivity contribution in [1.29, 1.82) is 0 Å². The van der Waals surface area contributed by atoms with Crippen LogP contribution < -0.4 is 15.5 Å². The van der Waals surface area contributed by atoms with E-state index < -0.39 is 51.2 Å². The molecule has 8 rings (SSSR count). The zero-order valence-corrected chi connectivity index (χ0v) is 31.8. The van der Waals surface area contributed by atoms with Crippen molar-refractivity contribution in [3.8, 4) is 11.3 Å². The highest BCUT2D eigenvalue weighted by molar-refractivity contribution is 6.34. The van der Waals surface area contributed by atoms with Gasteiger partial charge >= 0.3 is 0 Å². The molecular formula is C40H44ClF4N7O2. The lowest BCUT2D eigenvalue weighted by atomic mass is 9.71. The maximum Gasteiger partial charge on any atom is 0.261 e. The lowest BCUT2D eigenvalue weighted by Crippen LogP contribution is -2.64. The number of anilines is 3. The van der Waals surface area contributed by atoms with Gasteiger partial charge in [0, 0.05) is 28.9 Å². The monoisotopic (exact) mass is 765 g/mol. The molecule has 4 aliphatic rings. The summed E-state index contributed by atoms with van der Waals surface area (Å²) in [5.41, 5.74) is 0.581. The van der Waals surface area contributed by atoms with E-state index in [1.807, 2.05) is 55.4 Å². The van der Waals surface area contributed by atoms with Gasteiger partial charge in [-0.15, -0.1) is 0 Å². The molecular weight excluding hydrogens is 722 g/mol. The first-order valence-electron chi connectivity index (χ1n) is 18.7. The summed E-state index contributed by atoms with van der Waals surface area (Å²) in [4.78, 5) is 41.2. The number of halogens is 5. The fourth-order valence-electron chi connectivity index (χ4n) is 8.64. The molecule has 9 nitrogen and oxygen atoms in total. The lowest BCUT2D eigenvalue weighted by molar-refractivity contribution is -0.123. The summed E-state index contributed by atoms with van der Waals surface area (Å²) in [5.74, 6) is -3.73. The number of amides is 2. The molecule has 14 heteroatoms. The molecule has 2 saturated carbocycles. The van der Waals surface area contributed by atoms with Gasteiger partial charge in [0.05, 0.1) is 39.2 Å². The average molecular weight is 766 g/mol. The second-order valence-corrected chi connectivity index (χ2v) is 16.9. The number of imidazole rings is 1. The van der Waals surface area contributed by atoms with Gasteiger partial charge < -0.3 is 20.1 Å². The van der Waals surface area contributed by atoms with Crippen molar-refractivity contribution in [3.63, 3.8) is 0 Å². The third-order valence-electron chi connectivity index (χ3n) is 12.1. The summed E-state index contributed by atoms with van der Waals surface area (Å²) in [6, 6.07) is 8.60. The van der Waals surface area contributed by atoms with Crippen molar-refractivity contribution in [3.05, 3.63) is 64.4 Å². The van der Waals surface area contributed by atoms with Crippen molar-refractivity contribution in [2.24, 2.45) is 0 Å². The van der Waals surface area contributed by atoms with E-state index in [2.05, 4.69) is 27.4 Å². The Balaban J connectivity index is 1.17. The summed E-state index contributed by atoms with van der Waals surface area (Å²) in [7, 11) is 0. The molecule has 0 radical (unpaired) electrons. The number of likely N-dealkylation sites (tertiary alicyclic amines) is 1. The van der Waals surface area contributed by atoms with Gasteiger partial charge in [0.15, 0.2) is 17.5 Å². The Morgan fingerprint density at radius 2 is 1.70 bits per heavy atom. The van der Waals surface area contributed by atoms with Crippen LogP contribution in [0.2, 0.25) is 5.02 Å². The molecule has 2 N–H and O–H groups in total. The van der Waals surface area contributed by atoms with Crippen molar-refractivity contribution in [2.45, 2.75) is 115 Å². The number of fused-ring (bicyclic) bond motifs is 2. The number of nitrogens with one attached hydrogen (secondary N) is 2. The number of aromatic nitrogens is 3. The standard InChI is InChI=1S/C40H44ClF4N7O2/c1-21(2)51-20-46-28-17-26(47-34(33(28)51)48-27-16-24(30(41)32(43)31(27)42)35(53)49-40(11-12-40)36(44)45)22-9-10-25-29(15-22)52(37(54)38(25,3)4)23-18-39(5,19-23)50-13-7-6-8-14-50/h9-10,15-17,20-21,23,36H,6-8,11-14,18-19H2,1-5H3,(H,47,48)(H,49,53)/t23-,39+. The van der Waals surface area contributed by atoms with Crippen LogP contribution >= 0.6 is 11.6 Å². The number of piperidine rings is 1. The van der Waals surface area contributed by atoms with Gasteiger partial charge in [-0.2, -0.15) is 0 Å². The van der Waals surface area contributed by atoms with E-state index in [1.165, 1.54) is 19.3 Å². The highest BCUT2D eigenvalue weighted by Crippen LogP contribution is 2.51. The predicted molar refractivity (Wildman–Crippen MR) is 201 cm³/mol. The van der Waals surface area contributed by atoms with E-state index in [0.29, 0.717) is 22.3 Å². The van der Waals surface area contributed by atoms with Gasteiger partial charge in [-0.05, 0) is 110 Å². The smallest absolute Gasteiger partial charge is 0.261 e. The Labute approximate surface area is 316 Å². The van der Waals surface area contributed by atoms with Crippen LogP contribution in [-0.4, -0.2) is 67.9 Å². The van der Waals surface area contributed by atoms with Gasteiger partial charge in [0.1, 0.15) is 11.1 Å². The van der Waals surface area contributed by atoms with E-state index in [9.17, 15) is 18.4 Å². The van der Waals surface area contributed by atoms with E-state index >= 15 is 8.78 Å². The molecule has 2 aromatic carbocycles. The molecule has 0 atom stereocenters. The first-order valence-corrected chi connectivity index (χ1v) is 19.1. The van der Waals surface area contributed by atoms with Crippen LogP contribution in [0.1, 0.15) is 102 Å². The Bertz CT molecular complexity index is 2190. The molecule has 0 bridgehead atoms. The van der Waals surface area contributed by atoms with Crippen molar-refractivity contribution in [2.75, 3.05) is 23.3 Å². The minimum atomic E-state index is -2.83. The number of carbonyl (C=O) groups excluding carboxylic acids is 2. The van der Waals surface area contributed by atoms with Crippen molar-refractivity contribution < 1.29 is 27.2 Å².